The van der Waals surface area contributed by atoms with Gasteiger partial charge in [-0.2, -0.15) is 13.1 Å². The van der Waals surface area contributed by atoms with Crippen molar-refractivity contribution in [3.05, 3.63) is 69.9 Å². The van der Waals surface area contributed by atoms with Crippen molar-refractivity contribution >= 4 is 50.1 Å². The van der Waals surface area contributed by atoms with Crippen LogP contribution in [-0.4, -0.2) is 72.7 Å². The minimum absolute atomic E-state index is 0.00619. The van der Waals surface area contributed by atoms with Gasteiger partial charge in [0.15, 0.2) is 0 Å². The summed E-state index contributed by atoms with van der Waals surface area (Å²) in [7, 11) is -3.05. The first-order valence-electron chi connectivity index (χ1n) is 11.9. The number of hydrogen-bond donors (Lipinski definition) is 4. The quantitative estimate of drug-likeness (QED) is 0.260. The summed E-state index contributed by atoms with van der Waals surface area (Å²) >= 11 is 0. The smallest absolute Gasteiger partial charge is 0.337 e. The lowest BCUT2D eigenvalue weighted by Gasteiger charge is -2.16. The van der Waals surface area contributed by atoms with Crippen LogP contribution < -0.4 is 21.0 Å². The number of rotatable bonds is 9. The van der Waals surface area contributed by atoms with Crippen molar-refractivity contribution < 1.29 is 32.6 Å². The maximum Gasteiger partial charge on any atom is 0.337 e. The molecule has 0 unspecified atom stereocenters. The van der Waals surface area contributed by atoms with Crippen LogP contribution in [0.3, 0.4) is 0 Å². The van der Waals surface area contributed by atoms with Crippen LogP contribution in [-0.2, 0) is 29.1 Å². The Morgan fingerprint density at radius 2 is 1.77 bits per heavy atom. The normalized spacial score (nSPS) is 13.5. The first-order valence-corrected chi connectivity index (χ1v) is 13.4. The van der Waals surface area contributed by atoms with E-state index >= 15 is 0 Å². The second-order valence-corrected chi connectivity index (χ2v) is 10.4. The first kappa shape index (κ1) is 28.3. The van der Waals surface area contributed by atoms with Gasteiger partial charge >= 0.3 is 5.97 Å². The van der Waals surface area contributed by atoms with E-state index in [0.717, 1.165) is 4.68 Å². The largest absolute Gasteiger partial charge is 0.466 e. The van der Waals surface area contributed by atoms with Gasteiger partial charge in [-0.1, -0.05) is 0 Å². The minimum Gasteiger partial charge on any atom is -0.466 e. The molecule has 1 aromatic heterocycles. The monoisotopic (exact) mass is 570 g/mol. The molecule has 4 N–H and O–H groups in total. The highest BCUT2D eigenvalue weighted by Crippen LogP contribution is 2.24. The van der Waals surface area contributed by atoms with Gasteiger partial charge in [0.2, 0.25) is 5.91 Å². The van der Waals surface area contributed by atoms with Crippen molar-refractivity contribution in [1.29, 1.82) is 0 Å². The lowest BCUT2D eigenvalue weighted by atomic mass is 10.2. The van der Waals surface area contributed by atoms with Gasteiger partial charge in [-0.05, 0) is 49.4 Å². The molecule has 3 aromatic rings. The van der Waals surface area contributed by atoms with Crippen LogP contribution in [0.5, 0.6) is 0 Å². The number of aliphatic hydroxyl groups excluding tert-OH is 1. The highest BCUT2D eigenvalue weighted by Gasteiger charge is 2.34. The average Bonchev–Trinajstić information content (AvgIpc) is 3.21. The number of carbonyl (C=O) groups is 3. The summed E-state index contributed by atoms with van der Waals surface area (Å²) in [6.45, 7) is 2.41. The van der Waals surface area contributed by atoms with Gasteiger partial charge in [-0.25, -0.2) is 14.6 Å². The van der Waals surface area contributed by atoms with E-state index in [1.54, 1.807) is 6.07 Å². The van der Waals surface area contributed by atoms with Crippen molar-refractivity contribution in [2.24, 2.45) is 0 Å². The molecule has 1 aliphatic heterocycles. The summed E-state index contributed by atoms with van der Waals surface area (Å²) < 4.78 is 31.6. The molecule has 0 radical (unpaired) electrons. The van der Waals surface area contributed by atoms with E-state index in [9.17, 15) is 32.7 Å². The van der Waals surface area contributed by atoms with Gasteiger partial charge in [0, 0.05) is 24.8 Å². The number of carbonyl (C=O) groups excluding carboxylic acids is 3. The van der Waals surface area contributed by atoms with Gasteiger partial charge in [0.05, 0.1) is 41.6 Å². The summed E-state index contributed by atoms with van der Waals surface area (Å²) in [4.78, 5) is 57.3. The molecule has 4 rings (SSSR count). The maximum absolute atomic E-state index is 13.4. The topological polar surface area (TPSA) is 189 Å². The lowest BCUT2D eigenvalue weighted by Crippen LogP contribution is -2.35. The highest BCUT2D eigenvalue weighted by molar-refractivity contribution is 7.92. The Kier molecular flexibility index (Phi) is 7.88. The average molecular weight is 571 g/mol. The maximum atomic E-state index is 13.4. The molecule has 0 saturated heterocycles. The SMILES string of the molecule is COC(=O)C1=C(Nc2ccc3nc(C)n(NS(=O)(=O)c4ccc(NC(C)=O)cc4)c(=O)c3c2)C(=O)N(CCO)C1. The van der Waals surface area contributed by atoms with Crippen molar-refractivity contribution in [2.75, 3.05) is 42.3 Å². The fourth-order valence-electron chi connectivity index (χ4n) is 4.07. The van der Waals surface area contributed by atoms with Crippen LogP contribution >= 0.6 is 0 Å². The van der Waals surface area contributed by atoms with E-state index in [2.05, 4.69) is 20.4 Å². The number of amides is 2. The molecule has 2 aromatic carbocycles. The van der Waals surface area contributed by atoms with Gasteiger partial charge in [0.1, 0.15) is 11.5 Å². The number of ether oxygens (including phenoxy) is 1. The van der Waals surface area contributed by atoms with E-state index in [1.165, 1.54) is 62.3 Å². The molecular weight excluding hydrogens is 544 g/mol. The Hall–Kier alpha value is -4.76. The summed E-state index contributed by atoms with van der Waals surface area (Å²) in [6.07, 6.45) is 0. The summed E-state index contributed by atoms with van der Waals surface area (Å²) in [5.74, 6) is -1.51. The van der Waals surface area contributed by atoms with Crippen LogP contribution in [0.4, 0.5) is 11.4 Å². The zero-order chi connectivity index (χ0) is 29.2. The molecule has 40 heavy (non-hydrogen) atoms. The van der Waals surface area contributed by atoms with E-state index in [4.69, 9.17) is 4.74 Å². The number of anilines is 2. The molecule has 2 amide bonds. The number of methoxy groups -OCH3 is 1. The number of esters is 1. The number of nitrogens with zero attached hydrogens (tertiary/aromatic N) is 3. The Morgan fingerprint density at radius 3 is 2.40 bits per heavy atom. The summed E-state index contributed by atoms with van der Waals surface area (Å²) in [6, 6.07) is 9.79. The number of β-amino-alcohol motifs (C(OH)–C–C–N with tert-alkyl or cyclic N) is 1. The Bertz CT molecular complexity index is 1710. The lowest BCUT2D eigenvalue weighted by molar-refractivity contribution is -0.136. The number of nitrogens with one attached hydrogen (secondary N) is 3. The zero-order valence-corrected chi connectivity index (χ0v) is 22.5. The predicted molar refractivity (Wildman–Crippen MR) is 144 cm³/mol. The number of sulfonamides is 1. The number of aliphatic hydroxyl groups is 1. The van der Waals surface area contributed by atoms with Crippen molar-refractivity contribution in [3.8, 4) is 0 Å². The van der Waals surface area contributed by atoms with Gasteiger partial charge in [-0.15, -0.1) is 0 Å². The molecular formula is C25H26N6O8S. The van der Waals surface area contributed by atoms with Gasteiger partial charge in [0.25, 0.3) is 21.5 Å². The second kappa shape index (κ2) is 11.2. The minimum atomic E-state index is -4.22. The third-order valence-electron chi connectivity index (χ3n) is 5.96. The Labute approximate surface area is 228 Å². The van der Waals surface area contributed by atoms with E-state index in [1.807, 2.05) is 0 Å². The number of hydrogen-bond acceptors (Lipinski definition) is 10. The number of fused-ring (bicyclic) bond motifs is 1. The fourth-order valence-corrected chi connectivity index (χ4v) is 5.12. The Morgan fingerprint density at radius 1 is 1.10 bits per heavy atom. The van der Waals surface area contributed by atoms with Crippen LogP contribution in [0.25, 0.3) is 10.9 Å². The summed E-state index contributed by atoms with van der Waals surface area (Å²) in [5.41, 5.74) is 0.185. The fraction of sp³-hybridized carbons (Fsp3) is 0.240. The van der Waals surface area contributed by atoms with E-state index < -0.39 is 27.5 Å². The third kappa shape index (κ3) is 5.64. The molecule has 0 aliphatic carbocycles. The van der Waals surface area contributed by atoms with E-state index in [-0.39, 0.29) is 64.2 Å². The third-order valence-corrected chi connectivity index (χ3v) is 7.27. The first-order chi connectivity index (χ1) is 18.9. The van der Waals surface area contributed by atoms with Gasteiger partial charge in [-0.3, -0.25) is 14.4 Å². The number of aryl methyl sites for hydroxylation is 1. The molecule has 2 heterocycles. The molecule has 15 heteroatoms. The molecule has 14 nitrogen and oxygen atoms in total. The molecule has 0 saturated carbocycles. The number of benzene rings is 2. The van der Waals surface area contributed by atoms with Crippen molar-refractivity contribution in [2.45, 2.75) is 18.7 Å². The molecule has 0 fully saturated rings. The van der Waals surface area contributed by atoms with Crippen molar-refractivity contribution in [1.82, 2.24) is 14.6 Å². The summed E-state index contributed by atoms with van der Waals surface area (Å²) in [5, 5.41) is 14.7. The molecule has 1 aliphatic rings. The highest BCUT2D eigenvalue weighted by atomic mass is 32.2. The van der Waals surface area contributed by atoms with Crippen LogP contribution in [0.1, 0.15) is 12.7 Å². The zero-order valence-electron chi connectivity index (χ0n) is 21.7. The number of aromatic nitrogens is 2. The van der Waals surface area contributed by atoms with Crippen LogP contribution in [0.15, 0.2) is 63.4 Å². The van der Waals surface area contributed by atoms with Crippen LogP contribution in [0.2, 0.25) is 0 Å². The van der Waals surface area contributed by atoms with Crippen LogP contribution in [0, 0.1) is 6.92 Å². The van der Waals surface area contributed by atoms with E-state index in [0.29, 0.717) is 5.69 Å². The molecule has 0 spiro atoms. The standard InChI is InChI=1S/C25H26N6O8S/c1-14-26-21-9-6-17(28-22-20(25(36)39-3)13-30(10-11-32)24(22)35)12-19(21)23(34)31(14)29-40(37,38)18-7-4-16(5-8-18)27-15(2)33/h4-9,12,28-29,32H,10-11,13H2,1-3H3,(H,27,33). The van der Waals surface area contributed by atoms with Crippen molar-refractivity contribution in [3.63, 3.8) is 0 Å². The Balaban J connectivity index is 1.68. The molecule has 0 bridgehead atoms. The van der Waals surface area contributed by atoms with Gasteiger partial charge < -0.3 is 25.4 Å². The molecule has 210 valence electrons. The predicted octanol–water partition coefficient (Wildman–Crippen LogP) is 0.269. The second-order valence-electron chi connectivity index (χ2n) is 8.75. The molecule has 0 atom stereocenters.